The molecule has 1 aromatic carbocycles. The van der Waals surface area contributed by atoms with Crippen LogP contribution in [0.2, 0.25) is 0 Å². The van der Waals surface area contributed by atoms with Crippen molar-refractivity contribution in [1.29, 1.82) is 0 Å². The molecule has 28 heavy (non-hydrogen) atoms. The van der Waals surface area contributed by atoms with Crippen LogP contribution in [0.4, 0.5) is 11.5 Å². The van der Waals surface area contributed by atoms with Crippen molar-refractivity contribution >= 4 is 41.2 Å². The number of carbonyl (C=O) groups is 1. The van der Waals surface area contributed by atoms with Gasteiger partial charge in [-0.15, -0.1) is 0 Å². The lowest BCUT2D eigenvalue weighted by molar-refractivity contribution is 0.0238. The molecule has 1 aromatic heterocycles. The van der Waals surface area contributed by atoms with Gasteiger partial charge in [-0.25, -0.2) is 0 Å². The molecular weight excluding hydrogens is 382 g/mol. The summed E-state index contributed by atoms with van der Waals surface area (Å²) < 4.78 is 12.6. The number of aromatic nitrogens is 2. The van der Waals surface area contributed by atoms with Crippen LogP contribution < -0.4 is 15.7 Å². The van der Waals surface area contributed by atoms with Crippen molar-refractivity contribution in [3.8, 4) is 5.75 Å². The molecule has 2 aliphatic rings. The van der Waals surface area contributed by atoms with E-state index in [2.05, 4.69) is 17.3 Å². The summed E-state index contributed by atoms with van der Waals surface area (Å²) in [5.74, 6) is 2.04. The monoisotopic (exact) mass is 402 g/mol. The molecule has 0 aliphatic carbocycles. The maximum Gasteiger partial charge on any atom is 0.553 e. The molecule has 0 saturated carbocycles. The highest BCUT2D eigenvalue weighted by molar-refractivity contribution is 6.61. The molecule has 1 fully saturated rings. The quantitative estimate of drug-likeness (QED) is 0.677. The minimum Gasteiger partial charge on any atom is -0.532 e. The molecular formula is C18H20BClN4O4. The van der Waals surface area contributed by atoms with E-state index in [9.17, 15) is 9.82 Å². The number of benzene rings is 1. The molecule has 2 aromatic rings. The molecule has 1 amide bonds. The molecule has 0 bridgehead atoms. The number of hydrogen-bond acceptors (Lipinski definition) is 6. The number of hydrogen-bond donors (Lipinski definition) is 3. The van der Waals surface area contributed by atoms with Gasteiger partial charge in [-0.05, 0) is 36.5 Å². The molecule has 146 valence electrons. The molecule has 8 nitrogen and oxygen atoms in total. The molecule has 4 rings (SSSR count). The first-order chi connectivity index (χ1) is 13.4. The molecule has 0 spiro atoms. The first kappa shape index (κ1) is 18.9. The summed E-state index contributed by atoms with van der Waals surface area (Å²) in [7, 11) is -1.07. The van der Waals surface area contributed by atoms with Gasteiger partial charge in [0, 0.05) is 29.1 Å². The lowest BCUT2D eigenvalue weighted by Crippen LogP contribution is -2.28. The number of primary amides is 1. The maximum absolute atomic E-state index is 11.9. The topological polar surface area (TPSA) is 112 Å². The Hall–Kier alpha value is -2.49. The van der Waals surface area contributed by atoms with Crippen LogP contribution >= 0.6 is 11.6 Å². The Morgan fingerprint density at radius 2 is 2.32 bits per heavy atom. The summed E-state index contributed by atoms with van der Waals surface area (Å²) in [5, 5.41) is 17.7. The van der Waals surface area contributed by atoms with Gasteiger partial charge in [0.1, 0.15) is 11.3 Å². The number of fused-ring (bicyclic) bond motifs is 1. The van der Waals surface area contributed by atoms with E-state index in [1.807, 2.05) is 0 Å². The van der Waals surface area contributed by atoms with Crippen molar-refractivity contribution in [1.82, 2.24) is 9.78 Å². The fourth-order valence-electron chi connectivity index (χ4n) is 3.41. The van der Waals surface area contributed by atoms with Crippen molar-refractivity contribution < 1.29 is 19.2 Å². The second-order valence-corrected chi connectivity index (χ2v) is 7.41. The highest BCUT2D eigenvalue weighted by Gasteiger charge is 2.27. The van der Waals surface area contributed by atoms with Gasteiger partial charge in [-0.2, -0.15) is 5.10 Å². The predicted molar refractivity (Wildman–Crippen MR) is 107 cm³/mol. The van der Waals surface area contributed by atoms with Crippen LogP contribution in [0.1, 0.15) is 35.3 Å². The molecule has 4 N–H and O–H groups in total. The fraction of sp³-hybridized carbons (Fsp3) is 0.333. The molecule has 3 heterocycles. The summed E-state index contributed by atoms with van der Waals surface area (Å²) in [6.45, 7) is 3.41. The first-order valence-corrected chi connectivity index (χ1v) is 9.40. The van der Waals surface area contributed by atoms with Crippen LogP contribution in [0.3, 0.4) is 0 Å². The van der Waals surface area contributed by atoms with Gasteiger partial charge in [0.2, 0.25) is 0 Å². The van der Waals surface area contributed by atoms with Gasteiger partial charge in [0.05, 0.1) is 12.6 Å². The van der Waals surface area contributed by atoms with Gasteiger partial charge in [-0.3, -0.25) is 9.48 Å². The largest absolute Gasteiger partial charge is 0.553 e. The molecule has 1 saturated heterocycles. The third-order valence-electron chi connectivity index (χ3n) is 5.04. The van der Waals surface area contributed by atoms with Crippen LogP contribution in [0.5, 0.6) is 5.75 Å². The van der Waals surface area contributed by atoms with E-state index >= 15 is 0 Å². The predicted octanol–water partition coefficient (Wildman–Crippen LogP) is 2.31. The fourth-order valence-corrected chi connectivity index (χ4v) is 3.67. The SMILES string of the molecule is C[C@H]1CCOCC1n1cc(C(N)=O)c(Nc2ccc3c(c2)C(Cl)=CB(O)O3)n1. The minimum atomic E-state index is -1.07. The number of nitrogens with two attached hydrogens (primary N) is 1. The Balaban J connectivity index is 1.64. The number of nitrogens with zero attached hydrogens (tertiary/aromatic N) is 2. The van der Waals surface area contributed by atoms with E-state index in [1.54, 1.807) is 29.1 Å². The lowest BCUT2D eigenvalue weighted by atomic mass is 9.86. The smallest absolute Gasteiger partial charge is 0.532 e. The lowest BCUT2D eigenvalue weighted by Gasteiger charge is -2.28. The van der Waals surface area contributed by atoms with Gasteiger partial charge in [0.25, 0.3) is 5.91 Å². The number of halogens is 1. The summed E-state index contributed by atoms with van der Waals surface area (Å²) in [4.78, 5) is 11.9. The number of ether oxygens (including phenoxy) is 1. The number of anilines is 2. The average Bonchev–Trinajstić information content (AvgIpc) is 3.06. The molecule has 2 aliphatic heterocycles. The van der Waals surface area contributed by atoms with Crippen molar-refractivity contribution in [3.63, 3.8) is 0 Å². The Morgan fingerprint density at radius 3 is 3.07 bits per heavy atom. The number of nitrogens with one attached hydrogen (secondary N) is 1. The van der Waals surface area contributed by atoms with Crippen LogP contribution in [0.25, 0.3) is 5.03 Å². The Kier molecular flexibility index (Phi) is 5.05. The Morgan fingerprint density at radius 1 is 1.50 bits per heavy atom. The summed E-state index contributed by atoms with van der Waals surface area (Å²) >= 11 is 6.21. The standard InChI is InChI=1S/C18H20BClN4O4/c1-10-4-5-27-9-15(10)24-8-13(17(21)25)18(23-24)22-11-2-3-16-12(6-11)14(20)7-19(26)28-16/h2-3,6-8,10,15,26H,4-5,9H2,1H3,(H2,21,25)(H,22,23)/t10-,15?/m0/s1. The van der Waals surface area contributed by atoms with Gasteiger partial charge in [-0.1, -0.05) is 18.5 Å². The van der Waals surface area contributed by atoms with E-state index in [0.29, 0.717) is 45.9 Å². The number of amides is 1. The van der Waals surface area contributed by atoms with E-state index in [1.165, 1.54) is 5.98 Å². The van der Waals surface area contributed by atoms with E-state index in [-0.39, 0.29) is 6.04 Å². The highest BCUT2D eigenvalue weighted by atomic mass is 35.5. The maximum atomic E-state index is 11.9. The average molecular weight is 403 g/mol. The third-order valence-corrected chi connectivity index (χ3v) is 5.37. The van der Waals surface area contributed by atoms with Crippen molar-refractivity contribution in [2.75, 3.05) is 18.5 Å². The second kappa shape index (κ2) is 7.50. The Labute approximate surface area is 167 Å². The minimum absolute atomic E-state index is 0.0400. The molecule has 10 heteroatoms. The zero-order valence-electron chi connectivity index (χ0n) is 15.3. The van der Waals surface area contributed by atoms with E-state index in [0.717, 1.165) is 13.0 Å². The van der Waals surface area contributed by atoms with Gasteiger partial charge < -0.3 is 25.5 Å². The zero-order valence-corrected chi connectivity index (χ0v) is 16.0. The van der Waals surface area contributed by atoms with Crippen LogP contribution in [-0.2, 0) is 4.74 Å². The Bertz CT molecular complexity index is 948. The van der Waals surface area contributed by atoms with Crippen molar-refractivity contribution in [2.24, 2.45) is 11.7 Å². The first-order valence-electron chi connectivity index (χ1n) is 9.02. The van der Waals surface area contributed by atoms with Crippen LogP contribution in [0, 0.1) is 5.92 Å². The number of rotatable bonds is 4. The highest BCUT2D eigenvalue weighted by Crippen LogP contribution is 2.36. The van der Waals surface area contributed by atoms with Crippen LogP contribution in [-0.4, -0.2) is 41.0 Å². The third kappa shape index (κ3) is 3.60. The normalized spacial score (nSPS) is 21.5. The molecule has 0 radical (unpaired) electrons. The van der Waals surface area contributed by atoms with Crippen molar-refractivity contribution in [3.05, 3.63) is 41.5 Å². The van der Waals surface area contributed by atoms with Crippen LogP contribution in [0.15, 0.2) is 30.4 Å². The summed E-state index contributed by atoms with van der Waals surface area (Å²) in [5.41, 5.74) is 7.14. The van der Waals surface area contributed by atoms with E-state index in [4.69, 9.17) is 26.7 Å². The summed E-state index contributed by atoms with van der Waals surface area (Å²) in [6.07, 6.45) is 2.59. The van der Waals surface area contributed by atoms with Crippen molar-refractivity contribution in [2.45, 2.75) is 19.4 Å². The molecule has 1 unspecified atom stereocenters. The molecule has 2 atom stereocenters. The summed E-state index contributed by atoms with van der Waals surface area (Å²) in [6, 6.07) is 5.24. The number of carbonyl (C=O) groups excluding carboxylic acids is 1. The zero-order chi connectivity index (χ0) is 19.8. The van der Waals surface area contributed by atoms with Gasteiger partial charge >= 0.3 is 7.12 Å². The second-order valence-electron chi connectivity index (χ2n) is 7.00. The van der Waals surface area contributed by atoms with E-state index < -0.39 is 13.0 Å². The van der Waals surface area contributed by atoms with Gasteiger partial charge in [0.15, 0.2) is 5.82 Å².